The summed E-state index contributed by atoms with van der Waals surface area (Å²) in [5, 5.41) is 5.79. The van der Waals surface area contributed by atoms with Gasteiger partial charge in [-0.15, -0.1) is 0 Å². The van der Waals surface area contributed by atoms with Crippen molar-refractivity contribution >= 4 is 41.1 Å². The van der Waals surface area contributed by atoms with Crippen LogP contribution in [0.25, 0.3) is 0 Å². The van der Waals surface area contributed by atoms with Crippen LogP contribution in [-0.4, -0.2) is 59.7 Å². The van der Waals surface area contributed by atoms with E-state index in [1.807, 2.05) is 13.3 Å². The summed E-state index contributed by atoms with van der Waals surface area (Å²) >= 11 is 12.9. The highest BCUT2D eigenvalue weighted by atomic mass is 35.5. The molecular formula is C32H43Cl2N3O2+2. The van der Waals surface area contributed by atoms with Gasteiger partial charge in [0.1, 0.15) is 12.3 Å². The molecule has 4 saturated carbocycles. The van der Waals surface area contributed by atoms with Gasteiger partial charge in [-0.1, -0.05) is 55.1 Å². The summed E-state index contributed by atoms with van der Waals surface area (Å²) in [6.45, 7) is 7.08. The van der Waals surface area contributed by atoms with E-state index < -0.39 is 0 Å². The molecule has 0 spiro atoms. The first-order valence-electron chi connectivity index (χ1n) is 14.9. The number of ketones is 1. The first-order valence-corrected chi connectivity index (χ1v) is 15.7. The summed E-state index contributed by atoms with van der Waals surface area (Å²) in [5.74, 6) is 2.29. The monoisotopic (exact) mass is 571 g/mol. The van der Waals surface area contributed by atoms with Crippen molar-refractivity contribution in [3.63, 3.8) is 0 Å². The number of carbonyl (C=O) groups excluding carboxylic acids is 2. The van der Waals surface area contributed by atoms with E-state index in [9.17, 15) is 9.59 Å². The van der Waals surface area contributed by atoms with Gasteiger partial charge in [-0.3, -0.25) is 4.79 Å². The van der Waals surface area contributed by atoms with E-state index in [4.69, 9.17) is 28.3 Å². The summed E-state index contributed by atoms with van der Waals surface area (Å²) in [4.78, 5) is 28.7. The molecule has 0 bridgehead atoms. The largest absolute Gasteiger partial charge is 0.353 e. The molecule has 1 aromatic carbocycles. The van der Waals surface area contributed by atoms with Crippen molar-refractivity contribution in [3.8, 4) is 0 Å². The number of rotatable bonds is 7. The van der Waals surface area contributed by atoms with Crippen LogP contribution in [0, 0.1) is 29.1 Å². The lowest BCUT2D eigenvalue weighted by Gasteiger charge is -2.40. The molecule has 0 N–H and O–H groups in total. The highest BCUT2D eigenvalue weighted by Gasteiger charge is 2.67. The second-order valence-electron chi connectivity index (χ2n) is 14.2. The quantitative estimate of drug-likeness (QED) is 0.255. The van der Waals surface area contributed by atoms with Crippen molar-refractivity contribution in [2.45, 2.75) is 84.2 Å². The fourth-order valence-electron chi connectivity index (χ4n) is 8.42. The third-order valence-corrected chi connectivity index (χ3v) is 12.0. The van der Waals surface area contributed by atoms with Crippen molar-refractivity contribution in [1.29, 1.82) is 0 Å². The zero-order valence-corrected chi connectivity index (χ0v) is 25.6. The number of benzene rings is 1. The Morgan fingerprint density at radius 2 is 1.62 bits per heavy atom. The molecule has 0 aromatic heterocycles. The lowest BCUT2D eigenvalue weighted by atomic mass is 9.85. The number of halogens is 2. The number of Topliss-reactive ketones (excluding diaryl/α,β-unsaturated/α-hetero) is 1. The molecule has 6 rings (SSSR count). The second-order valence-corrected chi connectivity index (χ2v) is 15.0. The van der Waals surface area contributed by atoms with E-state index in [0.29, 0.717) is 49.4 Å². The Bertz CT molecular complexity index is 1240. The van der Waals surface area contributed by atoms with E-state index in [-0.39, 0.29) is 28.8 Å². The van der Waals surface area contributed by atoms with Gasteiger partial charge < -0.3 is 0 Å². The van der Waals surface area contributed by atoms with Crippen molar-refractivity contribution in [2.24, 2.45) is 34.2 Å². The van der Waals surface area contributed by atoms with E-state index in [1.54, 1.807) is 18.2 Å². The fraction of sp³-hybridized carbons (Fsp3) is 0.656. The molecule has 7 heteroatoms. The van der Waals surface area contributed by atoms with Gasteiger partial charge in [0.25, 0.3) is 0 Å². The fourth-order valence-corrected chi connectivity index (χ4v) is 9.03. The molecule has 5 nitrogen and oxygen atoms in total. The summed E-state index contributed by atoms with van der Waals surface area (Å²) in [5.41, 5.74) is 2.63. The van der Waals surface area contributed by atoms with Crippen LogP contribution in [0.1, 0.15) is 82.5 Å². The normalized spacial score (nSPS) is 36.5. The number of likely N-dealkylation sites (N-methyl/N-ethyl adjacent to an activating group) is 1. The van der Waals surface area contributed by atoms with Crippen molar-refractivity contribution < 1.29 is 18.7 Å². The number of hydrogen-bond donors (Lipinski definition) is 0. The topological polar surface area (TPSA) is 46.5 Å². The number of fused-ring (bicyclic) bond motifs is 1. The highest BCUT2D eigenvalue weighted by molar-refractivity contribution is 6.40. The molecule has 5 aliphatic rings. The number of amides is 1. The zero-order valence-electron chi connectivity index (χ0n) is 24.1. The van der Waals surface area contributed by atoms with Gasteiger partial charge in [0.2, 0.25) is 5.78 Å². The molecule has 1 aliphatic heterocycles. The van der Waals surface area contributed by atoms with Gasteiger partial charge in [-0.2, -0.15) is 4.59 Å². The minimum atomic E-state index is -0.164. The van der Waals surface area contributed by atoms with Gasteiger partial charge in [0.05, 0.1) is 35.7 Å². The molecule has 1 heterocycles. The van der Waals surface area contributed by atoms with Crippen LogP contribution >= 0.6 is 23.2 Å². The van der Waals surface area contributed by atoms with Gasteiger partial charge in [0.15, 0.2) is 17.8 Å². The molecule has 0 saturated heterocycles. The summed E-state index contributed by atoms with van der Waals surface area (Å²) in [6, 6.07) is 5.67. The van der Waals surface area contributed by atoms with Crippen molar-refractivity contribution in [2.75, 3.05) is 20.6 Å². The van der Waals surface area contributed by atoms with Crippen LogP contribution in [0.4, 0.5) is 0 Å². The minimum absolute atomic E-state index is 0.0484. The van der Waals surface area contributed by atoms with E-state index >= 15 is 0 Å². The van der Waals surface area contributed by atoms with Crippen LogP contribution in [0.15, 0.2) is 34.6 Å². The molecular weight excluding hydrogens is 529 g/mol. The van der Waals surface area contributed by atoms with Crippen LogP contribution < -0.4 is 0 Å². The highest BCUT2D eigenvalue weighted by Crippen LogP contribution is 2.68. The third-order valence-electron chi connectivity index (χ3n) is 11.4. The Hall–Kier alpha value is -1.53. The van der Waals surface area contributed by atoms with E-state index in [2.05, 4.69) is 27.8 Å². The second kappa shape index (κ2) is 9.51. The van der Waals surface area contributed by atoms with E-state index in [1.165, 1.54) is 18.5 Å². The molecule has 1 amide bonds. The van der Waals surface area contributed by atoms with E-state index in [0.717, 1.165) is 50.0 Å². The molecule has 4 fully saturated rings. The van der Waals surface area contributed by atoms with Gasteiger partial charge in [-0.05, 0) is 61.0 Å². The summed E-state index contributed by atoms with van der Waals surface area (Å²) in [7, 11) is 4.21. The number of hydrogen-bond acceptors (Lipinski definition) is 3. The van der Waals surface area contributed by atoms with Gasteiger partial charge in [-0.25, -0.2) is 9.28 Å². The number of quaternary nitrogens is 2. The van der Waals surface area contributed by atoms with Crippen LogP contribution in [-0.2, 0) is 4.79 Å². The SMILES string of the molecule is CC1CCC([N+]2(C)N=CC(C(=O)[N+](C)(CC(=O)c3c(Cl)cccc3Cl)C3CC4C(C3)C4(C)C)=C2C2CC2)CC1. The first-order chi connectivity index (χ1) is 18.4. The minimum Gasteiger partial charge on any atom is -0.288 e. The van der Waals surface area contributed by atoms with Gasteiger partial charge in [0, 0.05) is 31.6 Å². The lowest BCUT2D eigenvalue weighted by Crippen LogP contribution is -2.59. The maximum absolute atomic E-state index is 14.8. The molecule has 1 aromatic rings. The lowest BCUT2D eigenvalue weighted by molar-refractivity contribution is -0.906. The Morgan fingerprint density at radius 3 is 2.18 bits per heavy atom. The Kier molecular flexibility index (Phi) is 6.74. The zero-order chi connectivity index (χ0) is 27.9. The average Bonchev–Trinajstić information content (AvgIpc) is 3.66. The molecule has 0 radical (unpaired) electrons. The van der Waals surface area contributed by atoms with Crippen molar-refractivity contribution in [3.05, 3.63) is 45.1 Å². The Labute approximate surface area is 243 Å². The molecule has 39 heavy (non-hydrogen) atoms. The number of allylic oxidation sites excluding steroid dienone is 1. The number of carbonyl (C=O) groups is 2. The van der Waals surface area contributed by atoms with Gasteiger partial charge >= 0.3 is 5.91 Å². The average molecular weight is 573 g/mol. The maximum atomic E-state index is 14.8. The molecule has 4 atom stereocenters. The standard InChI is InChI=1S/C32H43Cl2N3O2/c1-19-9-13-21(14-10-19)37(5)30(20-11-12-20)23(17-35-37)31(39)36(4,22-15-24-25(16-22)32(24,2)3)18-28(38)29-26(33)7-6-8-27(29)34/h6-8,17,19-22,24-25H,9-16,18H2,1-5H3/q+2. The number of nitrogens with zero attached hydrogens (tertiary/aromatic N) is 3. The van der Waals surface area contributed by atoms with Crippen LogP contribution in [0.2, 0.25) is 10.0 Å². The first kappa shape index (κ1) is 27.6. The third kappa shape index (κ3) is 4.47. The molecule has 4 unspecified atom stereocenters. The van der Waals surface area contributed by atoms with Crippen molar-refractivity contribution in [1.82, 2.24) is 0 Å². The Morgan fingerprint density at radius 1 is 1.03 bits per heavy atom. The van der Waals surface area contributed by atoms with Crippen LogP contribution in [0.5, 0.6) is 0 Å². The predicted octanol–water partition coefficient (Wildman–Crippen LogP) is 7.27. The smallest absolute Gasteiger partial charge is 0.288 e. The predicted molar refractivity (Wildman–Crippen MR) is 156 cm³/mol. The molecule has 4 aliphatic carbocycles. The molecule has 210 valence electrons. The Balaban J connectivity index is 1.37. The summed E-state index contributed by atoms with van der Waals surface area (Å²) in [6.07, 6.45) is 10.8. The van der Waals surface area contributed by atoms with Crippen LogP contribution in [0.3, 0.4) is 0 Å². The summed E-state index contributed by atoms with van der Waals surface area (Å²) < 4.78 is 0.606. The maximum Gasteiger partial charge on any atom is 0.353 e.